The van der Waals surface area contributed by atoms with Gasteiger partial charge in [-0.1, -0.05) is 0 Å². The highest BCUT2D eigenvalue weighted by molar-refractivity contribution is 5.92. The molecular formula is C15H23N3O2. The van der Waals surface area contributed by atoms with Gasteiger partial charge in [0.05, 0.1) is 23.5 Å². The predicted molar refractivity (Wildman–Crippen MR) is 81.0 cm³/mol. The van der Waals surface area contributed by atoms with Gasteiger partial charge < -0.3 is 20.7 Å². The average molecular weight is 277 g/mol. The fourth-order valence-electron chi connectivity index (χ4n) is 2.52. The highest BCUT2D eigenvalue weighted by Crippen LogP contribution is 2.22. The minimum atomic E-state index is -0.312. The molecule has 5 heteroatoms. The van der Waals surface area contributed by atoms with Crippen molar-refractivity contribution in [3.05, 3.63) is 23.8 Å². The number of benzene rings is 1. The van der Waals surface area contributed by atoms with E-state index < -0.39 is 0 Å². The number of nitrogen functional groups attached to an aromatic ring is 1. The monoisotopic (exact) mass is 277 g/mol. The van der Waals surface area contributed by atoms with Crippen molar-refractivity contribution in [1.29, 1.82) is 0 Å². The van der Waals surface area contributed by atoms with E-state index >= 15 is 0 Å². The minimum Gasteiger partial charge on any atom is -0.462 e. The minimum absolute atomic E-state index is 0.312. The maximum absolute atomic E-state index is 11.7. The number of likely N-dealkylation sites (tertiary alicyclic amines) is 1. The van der Waals surface area contributed by atoms with Gasteiger partial charge in [-0.2, -0.15) is 0 Å². The first-order valence-electron chi connectivity index (χ1n) is 7.12. The lowest BCUT2D eigenvalue weighted by Gasteiger charge is -2.21. The van der Waals surface area contributed by atoms with E-state index in [4.69, 9.17) is 10.5 Å². The van der Waals surface area contributed by atoms with Crippen LogP contribution in [0.5, 0.6) is 0 Å². The third kappa shape index (κ3) is 3.42. The van der Waals surface area contributed by atoms with E-state index in [1.54, 1.807) is 25.1 Å². The van der Waals surface area contributed by atoms with Crippen LogP contribution in [0.15, 0.2) is 18.2 Å². The summed E-state index contributed by atoms with van der Waals surface area (Å²) in [5, 5.41) is 3.35. The summed E-state index contributed by atoms with van der Waals surface area (Å²) in [7, 11) is 2.14. The molecule has 3 N–H and O–H groups in total. The standard InChI is InChI=1S/C15H23N3O2/c1-3-20-15(19)11-6-7-13(16)14(9-11)17-10-12-5-4-8-18(12)2/h6-7,9,12,17H,3-5,8,10,16H2,1-2H3. The molecule has 0 aliphatic carbocycles. The molecule has 1 atom stereocenters. The van der Waals surface area contributed by atoms with Crippen molar-refractivity contribution in [2.75, 3.05) is 37.8 Å². The van der Waals surface area contributed by atoms with Gasteiger partial charge in [0.25, 0.3) is 0 Å². The maximum Gasteiger partial charge on any atom is 0.338 e. The molecule has 0 spiro atoms. The molecule has 1 saturated heterocycles. The van der Waals surface area contributed by atoms with E-state index in [1.807, 2.05) is 0 Å². The molecule has 1 aromatic rings. The number of anilines is 2. The third-order valence-electron chi connectivity index (χ3n) is 3.76. The SMILES string of the molecule is CCOC(=O)c1ccc(N)c(NCC2CCCN2C)c1. The molecule has 1 aliphatic rings. The number of nitrogens with two attached hydrogens (primary N) is 1. The zero-order valence-corrected chi connectivity index (χ0v) is 12.2. The fourth-order valence-corrected chi connectivity index (χ4v) is 2.52. The number of hydrogen-bond acceptors (Lipinski definition) is 5. The van der Waals surface area contributed by atoms with Gasteiger partial charge in [0.1, 0.15) is 0 Å². The molecular weight excluding hydrogens is 254 g/mol. The number of nitrogens with zero attached hydrogens (tertiary/aromatic N) is 1. The first-order chi connectivity index (χ1) is 9.61. The van der Waals surface area contributed by atoms with Gasteiger partial charge in [-0.25, -0.2) is 4.79 Å². The highest BCUT2D eigenvalue weighted by Gasteiger charge is 2.20. The van der Waals surface area contributed by atoms with Crippen molar-refractivity contribution in [2.45, 2.75) is 25.8 Å². The lowest BCUT2D eigenvalue weighted by molar-refractivity contribution is 0.0526. The first-order valence-corrected chi connectivity index (χ1v) is 7.12. The molecule has 0 radical (unpaired) electrons. The Hall–Kier alpha value is -1.75. The van der Waals surface area contributed by atoms with Crippen LogP contribution in [0.2, 0.25) is 0 Å². The summed E-state index contributed by atoms with van der Waals surface area (Å²) in [5.41, 5.74) is 7.94. The van der Waals surface area contributed by atoms with Crippen LogP contribution >= 0.6 is 0 Å². The van der Waals surface area contributed by atoms with Crippen molar-refractivity contribution >= 4 is 17.3 Å². The Labute approximate surface area is 120 Å². The molecule has 1 aliphatic heterocycles. The van der Waals surface area contributed by atoms with E-state index in [2.05, 4.69) is 17.3 Å². The summed E-state index contributed by atoms with van der Waals surface area (Å²) < 4.78 is 5.00. The average Bonchev–Trinajstić information content (AvgIpc) is 2.83. The van der Waals surface area contributed by atoms with E-state index in [0.717, 1.165) is 18.8 Å². The summed E-state index contributed by atoms with van der Waals surface area (Å²) in [5.74, 6) is -0.312. The molecule has 1 fully saturated rings. The van der Waals surface area contributed by atoms with Crippen LogP contribution < -0.4 is 11.1 Å². The van der Waals surface area contributed by atoms with Crippen LogP contribution in [0, 0.1) is 0 Å². The fraction of sp³-hybridized carbons (Fsp3) is 0.533. The van der Waals surface area contributed by atoms with Crippen LogP contribution in [0.25, 0.3) is 0 Å². The van der Waals surface area contributed by atoms with Crippen molar-refractivity contribution in [2.24, 2.45) is 0 Å². The summed E-state index contributed by atoms with van der Waals surface area (Å²) in [4.78, 5) is 14.1. The Morgan fingerprint density at radius 3 is 3.00 bits per heavy atom. The zero-order chi connectivity index (χ0) is 14.5. The molecule has 0 bridgehead atoms. The molecule has 0 saturated carbocycles. The van der Waals surface area contributed by atoms with Crippen molar-refractivity contribution < 1.29 is 9.53 Å². The second-order valence-electron chi connectivity index (χ2n) is 5.18. The summed E-state index contributed by atoms with van der Waals surface area (Å²) in [6, 6.07) is 5.73. The number of ether oxygens (including phenoxy) is 1. The first kappa shape index (κ1) is 14.7. The number of carbonyl (C=O) groups excluding carboxylic acids is 1. The Balaban J connectivity index is 2.02. The van der Waals surface area contributed by atoms with Gasteiger partial charge in [0.15, 0.2) is 0 Å². The van der Waals surface area contributed by atoms with E-state index in [9.17, 15) is 4.79 Å². The molecule has 0 amide bonds. The van der Waals surface area contributed by atoms with Gasteiger partial charge >= 0.3 is 5.97 Å². The van der Waals surface area contributed by atoms with Crippen molar-refractivity contribution in [3.8, 4) is 0 Å². The molecule has 2 rings (SSSR count). The molecule has 5 nitrogen and oxygen atoms in total. The van der Waals surface area contributed by atoms with Crippen molar-refractivity contribution in [3.63, 3.8) is 0 Å². The van der Waals surface area contributed by atoms with Crippen LogP contribution in [-0.4, -0.2) is 43.7 Å². The summed E-state index contributed by atoms with van der Waals surface area (Å²) in [6.07, 6.45) is 2.43. The second kappa shape index (κ2) is 6.61. The Morgan fingerprint density at radius 2 is 2.35 bits per heavy atom. The Kier molecular flexibility index (Phi) is 4.84. The third-order valence-corrected chi connectivity index (χ3v) is 3.76. The zero-order valence-electron chi connectivity index (χ0n) is 12.2. The van der Waals surface area contributed by atoms with E-state index in [0.29, 0.717) is 23.9 Å². The molecule has 1 unspecified atom stereocenters. The largest absolute Gasteiger partial charge is 0.462 e. The number of hydrogen-bond donors (Lipinski definition) is 2. The van der Waals surface area contributed by atoms with Crippen LogP contribution in [0.4, 0.5) is 11.4 Å². The smallest absolute Gasteiger partial charge is 0.338 e. The van der Waals surface area contributed by atoms with Crippen molar-refractivity contribution in [1.82, 2.24) is 4.90 Å². The summed E-state index contributed by atoms with van der Waals surface area (Å²) >= 11 is 0. The molecule has 20 heavy (non-hydrogen) atoms. The molecule has 110 valence electrons. The van der Waals surface area contributed by atoms with Gasteiger partial charge in [0, 0.05) is 12.6 Å². The Morgan fingerprint density at radius 1 is 1.55 bits per heavy atom. The van der Waals surface area contributed by atoms with Crippen LogP contribution in [0.1, 0.15) is 30.1 Å². The highest BCUT2D eigenvalue weighted by atomic mass is 16.5. The molecule has 1 heterocycles. The number of nitrogens with one attached hydrogen (secondary N) is 1. The van der Waals surface area contributed by atoms with Crippen LogP contribution in [0.3, 0.4) is 0 Å². The van der Waals surface area contributed by atoms with E-state index in [1.165, 1.54) is 12.8 Å². The van der Waals surface area contributed by atoms with Gasteiger partial charge in [-0.15, -0.1) is 0 Å². The Bertz CT molecular complexity index is 476. The topological polar surface area (TPSA) is 67.6 Å². The lowest BCUT2D eigenvalue weighted by Crippen LogP contribution is -2.31. The molecule has 0 aromatic heterocycles. The number of carbonyl (C=O) groups is 1. The maximum atomic E-state index is 11.7. The lowest BCUT2D eigenvalue weighted by atomic mass is 10.1. The number of esters is 1. The number of likely N-dealkylation sites (N-methyl/N-ethyl adjacent to an activating group) is 1. The summed E-state index contributed by atoms with van der Waals surface area (Å²) in [6.45, 7) is 4.15. The molecule has 1 aromatic carbocycles. The van der Waals surface area contributed by atoms with Gasteiger partial charge in [0.2, 0.25) is 0 Å². The van der Waals surface area contributed by atoms with Gasteiger partial charge in [-0.3, -0.25) is 0 Å². The number of rotatable bonds is 5. The second-order valence-corrected chi connectivity index (χ2v) is 5.18. The van der Waals surface area contributed by atoms with E-state index in [-0.39, 0.29) is 5.97 Å². The van der Waals surface area contributed by atoms with Gasteiger partial charge in [-0.05, 0) is 51.6 Å². The normalized spacial score (nSPS) is 19.0. The predicted octanol–water partition coefficient (Wildman–Crippen LogP) is 1.95. The van der Waals surface area contributed by atoms with Crippen LogP contribution in [-0.2, 0) is 4.74 Å². The quantitative estimate of drug-likeness (QED) is 0.636.